The highest BCUT2D eigenvalue weighted by Crippen LogP contribution is 2.31. The van der Waals surface area contributed by atoms with Crippen LogP contribution in [0.2, 0.25) is 0 Å². The summed E-state index contributed by atoms with van der Waals surface area (Å²) in [6.07, 6.45) is 0.441. The molecule has 1 N–H and O–H groups in total. The van der Waals surface area contributed by atoms with E-state index < -0.39 is 0 Å². The van der Waals surface area contributed by atoms with Crippen LogP contribution < -0.4 is 4.90 Å². The first-order valence-corrected chi connectivity index (χ1v) is 6.08. The maximum absolute atomic E-state index is 11.8. The molecule has 16 heavy (non-hydrogen) atoms. The predicted molar refractivity (Wildman–Crippen MR) is 66.4 cm³/mol. The second kappa shape index (κ2) is 4.55. The van der Waals surface area contributed by atoms with E-state index in [1.165, 1.54) is 0 Å². The molecular formula is C12H14BrNO2. The summed E-state index contributed by atoms with van der Waals surface area (Å²) in [7, 11) is 0. The highest BCUT2D eigenvalue weighted by Gasteiger charge is 2.30. The Morgan fingerprint density at radius 2 is 2.31 bits per heavy atom. The van der Waals surface area contributed by atoms with Crippen LogP contribution in [-0.4, -0.2) is 24.2 Å². The number of aliphatic hydroxyl groups is 1. The molecule has 0 bridgehead atoms. The van der Waals surface area contributed by atoms with E-state index in [0.29, 0.717) is 13.0 Å². The Kier molecular flexibility index (Phi) is 3.30. The molecule has 1 saturated heterocycles. The number of carbonyl (C=O) groups is 1. The van der Waals surface area contributed by atoms with Crippen molar-refractivity contribution < 1.29 is 9.90 Å². The molecule has 1 fully saturated rings. The van der Waals surface area contributed by atoms with E-state index in [0.717, 1.165) is 15.7 Å². The zero-order valence-corrected chi connectivity index (χ0v) is 10.7. The van der Waals surface area contributed by atoms with Gasteiger partial charge in [-0.15, -0.1) is 0 Å². The minimum absolute atomic E-state index is 0.0701. The Labute approximate surface area is 103 Å². The molecule has 1 heterocycles. The number of rotatable bonds is 2. The summed E-state index contributed by atoms with van der Waals surface area (Å²) in [6, 6.07) is 5.92. The van der Waals surface area contributed by atoms with Gasteiger partial charge in [-0.25, -0.2) is 0 Å². The number of amides is 1. The highest BCUT2D eigenvalue weighted by atomic mass is 79.9. The van der Waals surface area contributed by atoms with Gasteiger partial charge in [0.2, 0.25) is 5.91 Å². The summed E-state index contributed by atoms with van der Waals surface area (Å²) in [5, 5.41) is 9.07. The van der Waals surface area contributed by atoms with E-state index in [4.69, 9.17) is 5.11 Å². The van der Waals surface area contributed by atoms with Crippen LogP contribution in [0.4, 0.5) is 5.69 Å². The minimum atomic E-state index is 0.0701. The Bertz CT molecular complexity index is 419. The van der Waals surface area contributed by atoms with Gasteiger partial charge in [0.15, 0.2) is 0 Å². The molecule has 1 aromatic carbocycles. The van der Waals surface area contributed by atoms with Crippen molar-refractivity contribution in [2.24, 2.45) is 5.92 Å². The number of benzene rings is 1. The van der Waals surface area contributed by atoms with E-state index in [-0.39, 0.29) is 18.4 Å². The standard InChI is InChI=1S/C12H14BrNO2/c1-8-2-3-11(10(13)4-8)14-6-9(7-15)5-12(14)16/h2-4,9,15H,5-7H2,1H3. The second-order valence-corrected chi connectivity index (χ2v) is 5.07. The third-order valence-corrected chi connectivity index (χ3v) is 3.49. The Morgan fingerprint density at radius 3 is 2.88 bits per heavy atom. The largest absolute Gasteiger partial charge is 0.396 e. The summed E-state index contributed by atoms with van der Waals surface area (Å²) in [6.45, 7) is 2.69. The summed E-state index contributed by atoms with van der Waals surface area (Å²) in [5.41, 5.74) is 2.05. The van der Waals surface area contributed by atoms with Gasteiger partial charge in [0.05, 0.1) is 5.69 Å². The number of hydrogen-bond donors (Lipinski definition) is 1. The van der Waals surface area contributed by atoms with Crippen molar-refractivity contribution >= 4 is 27.5 Å². The van der Waals surface area contributed by atoms with Gasteiger partial charge in [-0.2, -0.15) is 0 Å². The fraction of sp³-hybridized carbons (Fsp3) is 0.417. The second-order valence-electron chi connectivity index (χ2n) is 4.21. The highest BCUT2D eigenvalue weighted by molar-refractivity contribution is 9.10. The van der Waals surface area contributed by atoms with Crippen LogP contribution >= 0.6 is 15.9 Å². The summed E-state index contributed by atoms with van der Waals surface area (Å²) < 4.78 is 0.930. The number of halogens is 1. The smallest absolute Gasteiger partial charge is 0.227 e. The average Bonchev–Trinajstić information content (AvgIpc) is 2.60. The maximum atomic E-state index is 11.8. The number of aliphatic hydroxyl groups excluding tert-OH is 1. The molecule has 0 radical (unpaired) electrons. The van der Waals surface area contributed by atoms with Gasteiger partial charge in [0, 0.05) is 30.0 Å². The average molecular weight is 284 g/mol. The molecule has 1 unspecified atom stereocenters. The van der Waals surface area contributed by atoms with Gasteiger partial charge in [-0.3, -0.25) is 4.79 Å². The third-order valence-electron chi connectivity index (χ3n) is 2.86. The summed E-state index contributed by atoms with van der Waals surface area (Å²) >= 11 is 3.47. The number of nitrogens with zero attached hydrogens (tertiary/aromatic N) is 1. The Balaban J connectivity index is 2.28. The van der Waals surface area contributed by atoms with Crippen molar-refractivity contribution in [3.63, 3.8) is 0 Å². The van der Waals surface area contributed by atoms with Crippen LogP contribution in [-0.2, 0) is 4.79 Å². The molecule has 1 aliphatic heterocycles. The molecule has 86 valence electrons. The lowest BCUT2D eigenvalue weighted by Gasteiger charge is -2.18. The monoisotopic (exact) mass is 283 g/mol. The van der Waals surface area contributed by atoms with Gasteiger partial charge in [-0.05, 0) is 40.5 Å². The molecule has 4 heteroatoms. The summed E-state index contributed by atoms with van der Waals surface area (Å²) in [4.78, 5) is 13.5. The lowest BCUT2D eigenvalue weighted by molar-refractivity contribution is -0.117. The zero-order chi connectivity index (χ0) is 11.7. The molecule has 2 rings (SSSR count). The molecule has 0 spiro atoms. The number of anilines is 1. The molecule has 1 amide bonds. The van der Waals surface area contributed by atoms with Crippen LogP contribution in [0.15, 0.2) is 22.7 Å². The Hall–Kier alpha value is -0.870. The first-order chi connectivity index (χ1) is 7.61. The number of carbonyl (C=O) groups excluding carboxylic acids is 1. The molecule has 0 aliphatic carbocycles. The van der Waals surface area contributed by atoms with Crippen LogP contribution in [0.1, 0.15) is 12.0 Å². The molecule has 0 saturated carbocycles. The van der Waals surface area contributed by atoms with Crippen molar-refractivity contribution in [1.29, 1.82) is 0 Å². The van der Waals surface area contributed by atoms with Gasteiger partial charge in [0.1, 0.15) is 0 Å². The first-order valence-electron chi connectivity index (χ1n) is 5.29. The number of aryl methyl sites for hydroxylation is 1. The quantitative estimate of drug-likeness (QED) is 0.903. The lowest BCUT2D eigenvalue weighted by atomic mass is 10.1. The third kappa shape index (κ3) is 2.13. The Morgan fingerprint density at radius 1 is 1.56 bits per heavy atom. The van der Waals surface area contributed by atoms with E-state index in [1.54, 1.807) is 4.90 Å². The van der Waals surface area contributed by atoms with Crippen molar-refractivity contribution in [1.82, 2.24) is 0 Å². The topological polar surface area (TPSA) is 40.5 Å². The molecule has 1 atom stereocenters. The van der Waals surface area contributed by atoms with Crippen LogP contribution in [0.25, 0.3) is 0 Å². The van der Waals surface area contributed by atoms with Gasteiger partial charge in [-0.1, -0.05) is 6.07 Å². The van der Waals surface area contributed by atoms with Gasteiger partial charge >= 0.3 is 0 Å². The van der Waals surface area contributed by atoms with E-state index in [1.807, 2.05) is 25.1 Å². The van der Waals surface area contributed by atoms with Crippen molar-refractivity contribution in [3.8, 4) is 0 Å². The fourth-order valence-corrected chi connectivity index (χ4v) is 2.67. The van der Waals surface area contributed by atoms with Crippen molar-refractivity contribution in [3.05, 3.63) is 28.2 Å². The predicted octanol–water partition coefficient (Wildman–Crippen LogP) is 2.10. The normalized spacial score (nSPS) is 20.6. The molecule has 1 aromatic rings. The lowest BCUT2D eigenvalue weighted by Crippen LogP contribution is -2.25. The SMILES string of the molecule is Cc1ccc(N2CC(CO)CC2=O)c(Br)c1. The summed E-state index contributed by atoms with van der Waals surface area (Å²) in [5.74, 6) is 0.157. The van der Waals surface area contributed by atoms with Crippen LogP contribution in [0.5, 0.6) is 0 Å². The maximum Gasteiger partial charge on any atom is 0.227 e. The zero-order valence-electron chi connectivity index (χ0n) is 9.11. The van der Waals surface area contributed by atoms with Crippen molar-refractivity contribution in [2.45, 2.75) is 13.3 Å². The first kappa shape index (κ1) is 11.6. The van der Waals surface area contributed by atoms with E-state index >= 15 is 0 Å². The van der Waals surface area contributed by atoms with E-state index in [2.05, 4.69) is 15.9 Å². The molecule has 1 aliphatic rings. The van der Waals surface area contributed by atoms with Gasteiger partial charge < -0.3 is 10.0 Å². The molecular weight excluding hydrogens is 270 g/mol. The van der Waals surface area contributed by atoms with Crippen molar-refractivity contribution in [2.75, 3.05) is 18.1 Å². The van der Waals surface area contributed by atoms with Gasteiger partial charge in [0.25, 0.3) is 0 Å². The molecule has 0 aromatic heterocycles. The van der Waals surface area contributed by atoms with Crippen LogP contribution in [0, 0.1) is 12.8 Å². The minimum Gasteiger partial charge on any atom is -0.396 e. The van der Waals surface area contributed by atoms with Crippen LogP contribution in [0.3, 0.4) is 0 Å². The number of hydrogen-bond acceptors (Lipinski definition) is 2. The van der Waals surface area contributed by atoms with E-state index in [9.17, 15) is 4.79 Å². The fourth-order valence-electron chi connectivity index (χ4n) is 1.97. The molecule has 3 nitrogen and oxygen atoms in total.